The van der Waals surface area contributed by atoms with Crippen LogP contribution in [0.4, 0.5) is 0 Å². The fraction of sp³-hybridized carbons (Fsp3) is 0.312. The van der Waals surface area contributed by atoms with Crippen molar-refractivity contribution in [2.75, 3.05) is 6.54 Å². The summed E-state index contributed by atoms with van der Waals surface area (Å²) in [5, 5.41) is 4.26. The summed E-state index contributed by atoms with van der Waals surface area (Å²) in [5.74, 6) is 0. The van der Waals surface area contributed by atoms with Gasteiger partial charge in [-0.05, 0) is 36.6 Å². The van der Waals surface area contributed by atoms with Gasteiger partial charge in [-0.15, -0.1) is 11.8 Å². The number of benzene rings is 1. The molecule has 0 fully saturated rings. The highest BCUT2D eigenvalue weighted by Crippen LogP contribution is 2.36. The Labute approximate surface area is 118 Å². The van der Waals surface area contributed by atoms with Crippen LogP contribution in [0.2, 0.25) is 0 Å². The predicted molar refractivity (Wildman–Crippen MR) is 80.4 cm³/mol. The number of rotatable bonds is 4. The van der Waals surface area contributed by atoms with Gasteiger partial charge in [0.05, 0.1) is 0 Å². The van der Waals surface area contributed by atoms with E-state index in [0.29, 0.717) is 11.3 Å². The molecule has 2 atom stereocenters. The van der Waals surface area contributed by atoms with E-state index in [2.05, 4.69) is 47.6 Å². The molecule has 0 radical (unpaired) electrons. The second-order valence-corrected chi connectivity index (χ2v) is 6.31. The summed E-state index contributed by atoms with van der Waals surface area (Å²) in [4.78, 5) is 5.62. The molecule has 0 spiro atoms. The molecule has 0 saturated heterocycles. The van der Waals surface area contributed by atoms with E-state index in [1.165, 1.54) is 22.4 Å². The second kappa shape index (κ2) is 5.76. The summed E-state index contributed by atoms with van der Waals surface area (Å²) in [6.45, 7) is 3.24. The van der Waals surface area contributed by atoms with Crippen LogP contribution in [-0.4, -0.2) is 16.8 Å². The van der Waals surface area contributed by atoms with Gasteiger partial charge in [-0.3, -0.25) is 4.98 Å². The highest BCUT2D eigenvalue weighted by atomic mass is 32.2. The summed E-state index contributed by atoms with van der Waals surface area (Å²) in [6, 6.07) is 13.2. The van der Waals surface area contributed by atoms with Crippen LogP contribution in [0, 0.1) is 0 Å². The van der Waals surface area contributed by atoms with Crippen molar-refractivity contribution in [3.63, 3.8) is 0 Å². The molecule has 0 saturated carbocycles. The number of nitrogens with one attached hydrogen (secondary N) is 1. The van der Waals surface area contributed by atoms with Crippen molar-refractivity contribution >= 4 is 11.8 Å². The van der Waals surface area contributed by atoms with Crippen LogP contribution in [0.25, 0.3) is 0 Å². The highest BCUT2D eigenvalue weighted by molar-refractivity contribution is 8.00. The molecule has 3 heteroatoms. The van der Waals surface area contributed by atoms with Gasteiger partial charge < -0.3 is 5.32 Å². The molecule has 2 aromatic rings. The third kappa shape index (κ3) is 2.99. The zero-order valence-corrected chi connectivity index (χ0v) is 11.9. The molecule has 1 unspecified atom stereocenters. The van der Waals surface area contributed by atoms with E-state index >= 15 is 0 Å². The van der Waals surface area contributed by atoms with Gasteiger partial charge in [0.1, 0.15) is 0 Å². The van der Waals surface area contributed by atoms with E-state index in [9.17, 15) is 0 Å². The van der Waals surface area contributed by atoms with Crippen LogP contribution in [0.1, 0.15) is 24.1 Å². The van der Waals surface area contributed by atoms with Crippen molar-refractivity contribution in [2.24, 2.45) is 0 Å². The molecule has 1 aromatic carbocycles. The van der Waals surface area contributed by atoms with E-state index in [0.717, 1.165) is 6.54 Å². The lowest BCUT2D eigenvalue weighted by molar-refractivity contribution is 0.565. The van der Waals surface area contributed by atoms with E-state index in [4.69, 9.17) is 0 Å². The molecular weight excluding hydrogens is 252 g/mol. The standard InChI is InChI=1S/C16H18N2S/c1-12(14-6-4-8-17-10-14)18-11-15-9-13-5-2-3-7-16(13)19-15/h2-8,10,12,15,18H,9,11H2,1H3/t12-,15?/m1/s1. The number of pyridine rings is 1. The van der Waals surface area contributed by atoms with Gasteiger partial charge >= 0.3 is 0 Å². The van der Waals surface area contributed by atoms with Crippen molar-refractivity contribution in [2.45, 2.75) is 29.5 Å². The van der Waals surface area contributed by atoms with E-state index < -0.39 is 0 Å². The van der Waals surface area contributed by atoms with Gasteiger partial charge in [-0.25, -0.2) is 0 Å². The van der Waals surface area contributed by atoms with Gasteiger partial charge in [0.25, 0.3) is 0 Å². The van der Waals surface area contributed by atoms with Crippen molar-refractivity contribution in [1.82, 2.24) is 10.3 Å². The van der Waals surface area contributed by atoms with Crippen LogP contribution < -0.4 is 5.32 Å². The van der Waals surface area contributed by atoms with Gasteiger partial charge in [-0.1, -0.05) is 24.3 Å². The highest BCUT2D eigenvalue weighted by Gasteiger charge is 2.21. The number of fused-ring (bicyclic) bond motifs is 1. The van der Waals surface area contributed by atoms with E-state index in [-0.39, 0.29) is 0 Å². The molecule has 0 bridgehead atoms. The number of hydrogen-bond acceptors (Lipinski definition) is 3. The SMILES string of the molecule is C[C@@H](NCC1Cc2ccccc2S1)c1cccnc1. The first-order valence-corrected chi connectivity index (χ1v) is 7.59. The Bertz CT molecular complexity index is 516. The molecule has 1 N–H and O–H groups in total. The number of nitrogens with zero attached hydrogens (tertiary/aromatic N) is 1. The Morgan fingerprint density at radius 1 is 1.32 bits per heavy atom. The first kappa shape index (κ1) is 12.7. The Balaban J connectivity index is 1.55. The Kier molecular flexibility index (Phi) is 3.85. The monoisotopic (exact) mass is 270 g/mol. The van der Waals surface area contributed by atoms with Gasteiger partial charge in [0.2, 0.25) is 0 Å². The molecule has 2 heterocycles. The molecule has 1 aliphatic rings. The molecule has 2 nitrogen and oxygen atoms in total. The lowest BCUT2D eigenvalue weighted by atomic mass is 10.1. The van der Waals surface area contributed by atoms with Crippen LogP contribution in [-0.2, 0) is 6.42 Å². The number of aromatic nitrogens is 1. The van der Waals surface area contributed by atoms with Crippen molar-refractivity contribution < 1.29 is 0 Å². The van der Waals surface area contributed by atoms with Crippen molar-refractivity contribution in [3.05, 3.63) is 59.9 Å². The maximum Gasteiger partial charge on any atom is 0.0315 e. The summed E-state index contributed by atoms with van der Waals surface area (Å²) in [7, 11) is 0. The minimum Gasteiger partial charge on any atom is -0.309 e. The van der Waals surface area contributed by atoms with Gasteiger partial charge in [0, 0.05) is 35.1 Å². The second-order valence-electron chi connectivity index (χ2n) is 4.97. The zero-order valence-electron chi connectivity index (χ0n) is 11.0. The van der Waals surface area contributed by atoms with E-state index in [1.54, 1.807) is 0 Å². The van der Waals surface area contributed by atoms with Gasteiger partial charge in [-0.2, -0.15) is 0 Å². The summed E-state index contributed by atoms with van der Waals surface area (Å²) in [6.07, 6.45) is 4.93. The summed E-state index contributed by atoms with van der Waals surface area (Å²) < 4.78 is 0. The Hall–Kier alpha value is -1.32. The first-order chi connectivity index (χ1) is 9.33. The van der Waals surface area contributed by atoms with Gasteiger partial charge in [0.15, 0.2) is 0 Å². The zero-order chi connectivity index (χ0) is 13.1. The maximum absolute atomic E-state index is 4.17. The van der Waals surface area contributed by atoms with Crippen molar-refractivity contribution in [3.8, 4) is 0 Å². The summed E-state index contributed by atoms with van der Waals surface area (Å²) >= 11 is 2.00. The largest absolute Gasteiger partial charge is 0.309 e. The molecule has 98 valence electrons. The van der Waals surface area contributed by atoms with Crippen LogP contribution >= 0.6 is 11.8 Å². The predicted octanol–water partition coefficient (Wildman–Crippen LogP) is 3.45. The molecule has 0 aliphatic carbocycles. The van der Waals surface area contributed by atoms with Crippen LogP contribution in [0.15, 0.2) is 53.7 Å². The molecule has 1 aromatic heterocycles. The Morgan fingerprint density at radius 3 is 3.00 bits per heavy atom. The fourth-order valence-electron chi connectivity index (χ4n) is 2.43. The first-order valence-electron chi connectivity index (χ1n) is 6.71. The van der Waals surface area contributed by atoms with E-state index in [1.807, 2.05) is 30.2 Å². The van der Waals surface area contributed by atoms with Crippen LogP contribution in [0.5, 0.6) is 0 Å². The third-order valence-corrected chi connectivity index (χ3v) is 4.87. The quantitative estimate of drug-likeness (QED) is 0.921. The minimum absolute atomic E-state index is 0.359. The smallest absolute Gasteiger partial charge is 0.0315 e. The maximum atomic E-state index is 4.17. The normalized spacial score (nSPS) is 19.1. The number of hydrogen-bond donors (Lipinski definition) is 1. The average Bonchev–Trinajstić information content (AvgIpc) is 2.88. The Morgan fingerprint density at radius 2 is 2.21 bits per heavy atom. The third-order valence-electron chi connectivity index (χ3n) is 3.55. The molecule has 19 heavy (non-hydrogen) atoms. The molecule has 1 aliphatic heterocycles. The lowest BCUT2D eigenvalue weighted by Gasteiger charge is -2.16. The molecular formula is C16H18N2S. The molecule has 0 amide bonds. The summed E-state index contributed by atoms with van der Waals surface area (Å²) in [5.41, 5.74) is 2.75. The minimum atomic E-state index is 0.359. The lowest BCUT2D eigenvalue weighted by Crippen LogP contribution is -2.27. The topological polar surface area (TPSA) is 24.9 Å². The molecule has 3 rings (SSSR count). The average molecular weight is 270 g/mol. The van der Waals surface area contributed by atoms with Crippen molar-refractivity contribution in [1.29, 1.82) is 0 Å². The van der Waals surface area contributed by atoms with Crippen LogP contribution in [0.3, 0.4) is 0 Å². The number of thioether (sulfide) groups is 1. The fourth-order valence-corrected chi connectivity index (χ4v) is 3.69.